The van der Waals surface area contributed by atoms with E-state index in [9.17, 15) is 4.39 Å². The number of rotatable bonds is 5. The highest BCUT2D eigenvalue weighted by Crippen LogP contribution is 2.15. The number of aryl methyl sites for hydroxylation is 1. The van der Waals surface area contributed by atoms with Gasteiger partial charge in [0.1, 0.15) is 5.82 Å². The van der Waals surface area contributed by atoms with Crippen molar-refractivity contribution in [2.75, 3.05) is 13.6 Å². The van der Waals surface area contributed by atoms with Gasteiger partial charge in [0.25, 0.3) is 0 Å². The molecule has 0 amide bonds. The predicted molar refractivity (Wildman–Crippen MR) is 97.8 cm³/mol. The highest BCUT2D eigenvalue weighted by Gasteiger charge is 2.10. The lowest BCUT2D eigenvalue weighted by Gasteiger charge is -2.22. The molecule has 25 heavy (non-hydrogen) atoms. The van der Waals surface area contributed by atoms with Crippen molar-refractivity contribution >= 4 is 17.6 Å². The molecule has 0 saturated heterocycles. The van der Waals surface area contributed by atoms with Gasteiger partial charge in [0, 0.05) is 38.1 Å². The quantitative estimate of drug-likeness (QED) is 0.656. The lowest BCUT2D eigenvalue weighted by atomic mass is 10.1. The van der Waals surface area contributed by atoms with Crippen LogP contribution in [0.25, 0.3) is 0 Å². The summed E-state index contributed by atoms with van der Waals surface area (Å²) in [4.78, 5) is 6.44. The Morgan fingerprint density at radius 3 is 2.80 bits per heavy atom. The molecule has 0 atom stereocenters. The van der Waals surface area contributed by atoms with Gasteiger partial charge in [-0.05, 0) is 31.2 Å². The molecule has 5 nitrogen and oxygen atoms in total. The van der Waals surface area contributed by atoms with E-state index in [-0.39, 0.29) is 12.4 Å². The molecule has 1 aromatic heterocycles. The third-order valence-corrected chi connectivity index (χ3v) is 3.95. The summed E-state index contributed by atoms with van der Waals surface area (Å²) in [5, 5.41) is 12.8. The Bertz CT molecular complexity index is 806. The number of hydrogen-bond donors (Lipinski definition) is 1. The summed E-state index contributed by atoms with van der Waals surface area (Å²) >= 11 is 6.02. The first kappa shape index (κ1) is 18.8. The van der Waals surface area contributed by atoms with Crippen LogP contribution in [0.4, 0.5) is 4.39 Å². The highest BCUT2D eigenvalue weighted by molar-refractivity contribution is 6.30. The van der Waals surface area contributed by atoms with Crippen LogP contribution >= 0.6 is 11.6 Å². The van der Waals surface area contributed by atoms with Crippen molar-refractivity contribution in [2.45, 2.75) is 20.0 Å². The number of benzene rings is 1. The second-order valence-electron chi connectivity index (χ2n) is 5.70. The fourth-order valence-electron chi connectivity index (χ4n) is 2.44. The summed E-state index contributed by atoms with van der Waals surface area (Å²) < 4.78 is 15.9. The number of nitriles is 1. The first-order chi connectivity index (χ1) is 11.9. The highest BCUT2D eigenvalue weighted by atomic mass is 35.5. The Morgan fingerprint density at radius 1 is 1.44 bits per heavy atom. The summed E-state index contributed by atoms with van der Waals surface area (Å²) in [7, 11) is 3.84. The average molecular weight is 362 g/mol. The van der Waals surface area contributed by atoms with E-state index < -0.39 is 0 Å². The molecular weight excluding hydrogens is 341 g/mol. The Balaban J connectivity index is 2.17. The van der Waals surface area contributed by atoms with Crippen molar-refractivity contribution in [3.05, 3.63) is 58.1 Å². The molecule has 2 rings (SSSR count). The molecule has 1 heterocycles. The third kappa shape index (κ3) is 4.97. The summed E-state index contributed by atoms with van der Waals surface area (Å²) in [6, 6.07) is 8.20. The van der Waals surface area contributed by atoms with E-state index in [0.29, 0.717) is 35.2 Å². The zero-order valence-corrected chi connectivity index (χ0v) is 15.3. The zero-order valence-electron chi connectivity index (χ0n) is 14.6. The van der Waals surface area contributed by atoms with Crippen LogP contribution in [0.3, 0.4) is 0 Å². The summed E-state index contributed by atoms with van der Waals surface area (Å²) in [6.07, 6.45) is 1.84. The van der Waals surface area contributed by atoms with Crippen LogP contribution in [0.1, 0.15) is 23.7 Å². The largest absolute Gasteiger partial charge is 0.357 e. The van der Waals surface area contributed by atoms with Crippen LogP contribution in [0.15, 0.2) is 35.5 Å². The van der Waals surface area contributed by atoms with Crippen LogP contribution in [-0.2, 0) is 20.1 Å². The van der Waals surface area contributed by atoms with Crippen molar-refractivity contribution in [1.82, 2.24) is 14.8 Å². The van der Waals surface area contributed by atoms with E-state index in [1.165, 1.54) is 18.2 Å². The van der Waals surface area contributed by atoms with Crippen molar-refractivity contribution in [1.29, 1.82) is 5.26 Å². The number of aromatic nitrogens is 1. The van der Waals surface area contributed by atoms with E-state index in [2.05, 4.69) is 10.3 Å². The van der Waals surface area contributed by atoms with Gasteiger partial charge < -0.3 is 14.8 Å². The molecule has 2 aromatic rings. The van der Waals surface area contributed by atoms with Crippen molar-refractivity contribution < 1.29 is 4.39 Å². The van der Waals surface area contributed by atoms with E-state index in [1.54, 1.807) is 0 Å². The standard InChI is InChI=1S/C18H21ClFN5/c1-4-22-18(25(3)12-16-8-15(19)11-24(16)2)23-10-14-7-13(9-21)5-6-17(14)20/h5-8,11H,4,10,12H2,1-3H3,(H,22,23). The minimum absolute atomic E-state index is 0.155. The fourth-order valence-corrected chi connectivity index (χ4v) is 2.71. The van der Waals surface area contributed by atoms with E-state index in [1.807, 2.05) is 48.8 Å². The van der Waals surface area contributed by atoms with Crippen LogP contribution in [-0.4, -0.2) is 29.0 Å². The molecule has 0 fully saturated rings. The van der Waals surface area contributed by atoms with Crippen molar-refractivity contribution in [2.24, 2.45) is 12.0 Å². The van der Waals surface area contributed by atoms with E-state index >= 15 is 0 Å². The second kappa shape index (κ2) is 8.54. The number of nitrogens with zero attached hydrogens (tertiary/aromatic N) is 4. The van der Waals surface area contributed by atoms with Gasteiger partial charge in [-0.1, -0.05) is 11.6 Å². The number of halogens is 2. The lowest BCUT2D eigenvalue weighted by molar-refractivity contribution is 0.461. The van der Waals surface area contributed by atoms with Gasteiger partial charge in [-0.15, -0.1) is 0 Å². The topological polar surface area (TPSA) is 56.4 Å². The summed E-state index contributed by atoms with van der Waals surface area (Å²) in [5.74, 6) is 0.289. The van der Waals surface area contributed by atoms with Gasteiger partial charge in [0.2, 0.25) is 0 Å². The monoisotopic (exact) mass is 361 g/mol. The lowest BCUT2D eigenvalue weighted by Crippen LogP contribution is -2.38. The zero-order chi connectivity index (χ0) is 18.4. The van der Waals surface area contributed by atoms with Crippen molar-refractivity contribution in [3.63, 3.8) is 0 Å². The molecule has 0 spiro atoms. The van der Waals surface area contributed by atoms with Crippen LogP contribution in [0, 0.1) is 17.1 Å². The van der Waals surface area contributed by atoms with Gasteiger partial charge in [-0.3, -0.25) is 0 Å². The third-order valence-electron chi connectivity index (χ3n) is 3.74. The number of hydrogen-bond acceptors (Lipinski definition) is 2. The number of aliphatic imine (C=N–C) groups is 1. The first-order valence-corrected chi connectivity index (χ1v) is 8.31. The van der Waals surface area contributed by atoms with Gasteiger partial charge in [0.15, 0.2) is 5.96 Å². The smallest absolute Gasteiger partial charge is 0.194 e. The van der Waals surface area contributed by atoms with Crippen LogP contribution in [0.2, 0.25) is 5.02 Å². The molecule has 7 heteroatoms. The van der Waals surface area contributed by atoms with Gasteiger partial charge >= 0.3 is 0 Å². The molecule has 0 unspecified atom stereocenters. The Labute approximate surface area is 152 Å². The first-order valence-electron chi connectivity index (χ1n) is 7.93. The van der Waals surface area contributed by atoms with Gasteiger partial charge in [-0.2, -0.15) is 5.26 Å². The normalized spacial score (nSPS) is 11.3. The Kier molecular flexibility index (Phi) is 6.43. The summed E-state index contributed by atoms with van der Waals surface area (Å²) in [5.41, 5.74) is 1.85. The minimum Gasteiger partial charge on any atom is -0.357 e. The van der Waals surface area contributed by atoms with Crippen LogP contribution in [0.5, 0.6) is 0 Å². The molecule has 0 bridgehead atoms. The van der Waals surface area contributed by atoms with E-state index in [0.717, 1.165) is 5.69 Å². The molecule has 132 valence electrons. The summed E-state index contributed by atoms with van der Waals surface area (Å²) in [6.45, 7) is 3.43. The molecule has 0 radical (unpaired) electrons. The fraction of sp³-hybridized carbons (Fsp3) is 0.333. The molecule has 0 aliphatic rings. The Morgan fingerprint density at radius 2 is 2.20 bits per heavy atom. The second-order valence-corrected chi connectivity index (χ2v) is 6.14. The number of nitrogens with one attached hydrogen (secondary N) is 1. The maximum Gasteiger partial charge on any atom is 0.194 e. The van der Waals surface area contributed by atoms with Crippen LogP contribution < -0.4 is 5.32 Å². The van der Waals surface area contributed by atoms with Gasteiger partial charge in [0.05, 0.1) is 29.7 Å². The average Bonchev–Trinajstić information content (AvgIpc) is 2.90. The minimum atomic E-state index is -0.365. The maximum atomic E-state index is 13.9. The molecular formula is C18H21ClFN5. The molecule has 0 saturated carbocycles. The predicted octanol–water partition coefficient (Wildman–Crippen LogP) is 3.29. The van der Waals surface area contributed by atoms with Gasteiger partial charge in [-0.25, -0.2) is 9.38 Å². The molecule has 1 aromatic carbocycles. The SMILES string of the molecule is CCNC(=NCc1cc(C#N)ccc1F)N(C)Cc1cc(Cl)cn1C. The maximum absolute atomic E-state index is 13.9. The number of guanidine groups is 1. The Hall–Kier alpha value is -2.52. The van der Waals surface area contributed by atoms with Crippen molar-refractivity contribution in [3.8, 4) is 6.07 Å². The molecule has 1 N–H and O–H groups in total. The molecule has 0 aliphatic heterocycles. The van der Waals surface area contributed by atoms with E-state index in [4.69, 9.17) is 16.9 Å². The molecule has 0 aliphatic carbocycles.